The average Bonchev–Trinajstić information content (AvgIpc) is 2.46. The minimum absolute atomic E-state index is 0.655. The van der Waals surface area contributed by atoms with Crippen LogP contribution in [0.5, 0.6) is 0 Å². The molecule has 5 heteroatoms. The second-order valence-electron chi connectivity index (χ2n) is 5.06. The highest BCUT2D eigenvalue weighted by molar-refractivity contribution is 5.85. The molecular formula is C15H20N2O3. The van der Waals surface area contributed by atoms with E-state index >= 15 is 0 Å². The van der Waals surface area contributed by atoms with Crippen LogP contribution in [0.25, 0.3) is 6.08 Å². The standard InChI is InChI=1S/C15H20N2O3/c1-17(11-13-6-8-20-9-7-13)14-4-2-12(10-16-14)3-5-15(18)19/h2-5,10,13H,6-9,11H2,1H3,(H,18,19)/b5-3+. The lowest BCUT2D eigenvalue weighted by Crippen LogP contribution is -2.29. The van der Waals surface area contributed by atoms with Crippen LogP contribution in [0.1, 0.15) is 18.4 Å². The van der Waals surface area contributed by atoms with E-state index in [0.717, 1.165) is 50.1 Å². The summed E-state index contributed by atoms with van der Waals surface area (Å²) >= 11 is 0. The highest BCUT2D eigenvalue weighted by atomic mass is 16.5. The molecule has 0 radical (unpaired) electrons. The number of aromatic nitrogens is 1. The summed E-state index contributed by atoms with van der Waals surface area (Å²) in [6, 6.07) is 3.79. The summed E-state index contributed by atoms with van der Waals surface area (Å²) in [7, 11) is 2.03. The summed E-state index contributed by atoms with van der Waals surface area (Å²) in [5, 5.41) is 8.57. The molecule has 108 valence electrons. The van der Waals surface area contributed by atoms with Crippen molar-refractivity contribution >= 4 is 17.9 Å². The Morgan fingerprint density at radius 1 is 1.50 bits per heavy atom. The van der Waals surface area contributed by atoms with Crippen molar-refractivity contribution in [3.63, 3.8) is 0 Å². The Morgan fingerprint density at radius 3 is 2.85 bits per heavy atom. The Labute approximate surface area is 118 Å². The van der Waals surface area contributed by atoms with Crippen molar-refractivity contribution in [2.45, 2.75) is 12.8 Å². The maximum atomic E-state index is 10.4. The van der Waals surface area contributed by atoms with Crippen LogP contribution in [-0.4, -0.2) is 42.9 Å². The Hall–Kier alpha value is -1.88. The number of rotatable bonds is 5. The van der Waals surface area contributed by atoms with Crippen LogP contribution < -0.4 is 4.90 Å². The molecule has 5 nitrogen and oxygen atoms in total. The molecule has 1 aliphatic rings. The summed E-state index contributed by atoms with van der Waals surface area (Å²) in [6.07, 6.45) is 6.54. The van der Waals surface area contributed by atoms with Crippen LogP contribution >= 0.6 is 0 Å². The molecule has 0 amide bonds. The smallest absolute Gasteiger partial charge is 0.328 e. The van der Waals surface area contributed by atoms with Gasteiger partial charge in [-0.2, -0.15) is 0 Å². The Kier molecular flexibility index (Phi) is 5.12. The topological polar surface area (TPSA) is 62.7 Å². The van der Waals surface area contributed by atoms with Gasteiger partial charge in [0.1, 0.15) is 5.82 Å². The monoisotopic (exact) mass is 276 g/mol. The van der Waals surface area contributed by atoms with E-state index in [1.54, 1.807) is 6.20 Å². The fourth-order valence-corrected chi connectivity index (χ4v) is 2.30. The van der Waals surface area contributed by atoms with Gasteiger partial charge >= 0.3 is 5.97 Å². The molecule has 20 heavy (non-hydrogen) atoms. The van der Waals surface area contributed by atoms with E-state index in [1.807, 2.05) is 19.2 Å². The van der Waals surface area contributed by atoms with Gasteiger partial charge in [0.25, 0.3) is 0 Å². The van der Waals surface area contributed by atoms with Crippen LogP contribution in [0, 0.1) is 5.92 Å². The van der Waals surface area contributed by atoms with Gasteiger partial charge in [0, 0.05) is 39.1 Å². The van der Waals surface area contributed by atoms with Crippen LogP contribution in [0.15, 0.2) is 24.4 Å². The third-order valence-corrected chi connectivity index (χ3v) is 3.45. The van der Waals surface area contributed by atoms with Gasteiger partial charge in [0.05, 0.1) is 0 Å². The van der Waals surface area contributed by atoms with E-state index in [9.17, 15) is 4.79 Å². The van der Waals surface area contributed by atoms with E-state index in [-0.39, 0.29) is 0 Å². The van der Waals surface area contributed by atoms with Crippen molar-refractivity contribution in [2.75, 3.05) is 31.7 Å². The molecule has 0 spiro atoms. The van der Waals surface area contributed by atoms with Gasteiger partial charge in [0.15, 0.2) is 0 Å². The number of hydrogen-bond donors (Lipinski definition) is 1. The lowest BCUT2D eigenvalue weighted by Gasteiger charge is -2.27. The second kappa shape index (κ2) is 7.05. The van der Waals surface area contributed by atoms with Gasteiger partial charge in [-0.05, 0) is 42.5 Å². The van der Waals surface area contributed by atoms with Crippen molar-refractivity contribution in [3.8, 4) is 0 Å². The number of pyridine rings is 1. The maximum Gasteiger partial charge on any atom is 0.328 e. The fraction of sp³-hybridized carbons (Fsp3) is 0.467. The van der Waals surface area contributed by atoms with E-state index in [2.05, 4.69) is 9.88 Å². The molecule has 1 aliphatic heterocycles. The third kappa shape index (κ3) is 4.35. The number of anilines is 1. The first-order valence-electron chi connectivity index (χ1n) is 6.81. The summed E-state index contributed by atoms with van der Waals surface area (Å²) < 4.78 is 5.36. The predicted molar refractivity (Wildman–Crippen MR) is 77.7 cm³/mol. The molecule has 1 fully saturated rings. The number of aliphatic carboxylic acids is 1. The number of carbonyl (C=O) groups is 1. The van der Waals surface area contributed by atoms with Gasteiger partial charge < -0.3 is 14.7 Å². The largest absolute Gasteiger partial charge is 0.478 e. The van der Waals surface area contributed by atoms with E-state index in [1.165, 1.54) is 6.08 Å². The molecule has 0 atom stereocenters. The van der Waals surface area contributed by atoms with Crippen molar-refractivity contribution in [1.82, 2.24) is 4.98 Å². The number of hydrogen-bond acceptors (Lipinski definition) is 4. The number of carboxylic acid groups (broad SMARTS) is 1. The molecule has 0 aromatic carbocycles. The molecule has 1 N–H and O–H groups in total. The molecule has 1 saturated heterocycles. The SMILES string of the molecule is CN(CC1CCOCC1)c1ccc(/C=C/C(=O)O)cn1. The zero-order valence-electron chi connectivity index (χ0n) is 11.7. The van der Waals surface area contributed by atoms with Crippen LogP contribution in [-0.2, 0) is 9.53 Å². The highest BCUT2D eigenvalue weighted by Gasteiger charge is 2.16. The normalized spacial score (nSPS) is 16.4. The first-order valence-corrected chi connectivity index (χ1v) is 6.81. The first-order chi connectivity index (χ1) is 9.65. The molecule has 1 aromatic rings. The van der Waals surface area contributed by atoms with E-state index < -0.39 is 5.97 Å². The third-order valence-electron chi connectivity index (χ3n) is 3.45. The summed E-state index contributed by atoms with van der Waals surface area (Å²) in [4.78, 5) is 17.0. The molecule has 0 saturated carbocycles. The Bertz CT molecular complexity index is 465. The van der Waals surface area contributed by atoms with Crippen molar-refractivity contribution in [2.24, 2.45) is 5.92 Å². The zero-order valence-corrected chi connectivity index (χ0v) is 11.7. The van der Waals surface area contributed by atoms with Crippen LogP contribution in [0.3, 0.4) is 0 Å². The first kappa shape index (κ1) is 14.5. The second-order valence-corrected chi connectivity index (χ2v) is 5.06. The van der Waals surface area contributed by atoms with Crippen molar-refractivity contribution in [3.05, 3.63) is 30.0 Å². The molecule has 2 heterocycles. The average molecular weight is 276 g/mol. The minimum Gasteiger partial charge on any atom is -0.478 e. The lowest BCUT2D eigenvalue weighted by molar-refractivity contribution is -0.131. The Balaban J connectivity index is 1.92. The van der Waals surface area contributed by atoms with Crippen LogP contribution in [0.2, 0.25) is 0 Å². The minimum atomic E-state index is -0.953. The molecule has 2 rings (SSSR count). The van der Waals surface area contributed by atoms with Crippen molar-refractivity contribution < 1.29 is 14.6 Å². The van der Waals surface area contributed by atoms with Gasteiger partial charge in [0.2, 0.25) is 0 Å². The molecule has 0 unspecified atom stereocenters. The summed E-state index contributed by atoms with van der Waals surface area (Å²) in [5.41, 5.74) is 0.788. The highest BCUT2D eigenvalue weighted by Crippen LogP contribution is 2.18. The van der Waals surface area contributed by atoms with Crippen LogP contribution in [0.4, 0.5) is 5.82 Å². The molecule has 0 bridgehead atoms. The zero-order chi connectivity index (χ0) is 14.4. The van der Waals surface area contributed by atoms with E-state index in [0.29, 0.717) is 5.92 Å². The lowest BCUT2D eigenvalue weighted by atomic mass is 10.00. The van der Waals surface area contributed by atoms with Gasteiger partial charge in [-0.3, -0.25) is 0 Å². The Morgan fingerprint density at radius 2 is 2.25 bits per heavy atom. The number of nitrogens with zero attached hydrogens (tertiary/aromatic N) is 2. The number of carboxylic acids is 1. The predicted octanol–water partition coefficient (Wildman–Crippen LogP) is 2.04. The maximum absolute atomic E-state index is 10.4. The molecule has 1 aromatic heterocycles. The fourth-order valence-electron chi connectivity index (χ4n) is 2.30. The van der Waals surface area contributed by atoms with Gasteiger partial charge in [-0.25, -0.2) is 9.78 Å². The van der Waals surface area contributed by atoms with E-state index in [4.69, 9.17) is 9.84 Å². The van der Waals surface area contributed by atoms with Crippen molar-refractivity contribution in [1.29, 1.82) is 0 Å². The summed E-state index contributed by atoms with van der Waals surface area (Å²) in [6.45, 7) is 2.68. The summed E-state index contributed by atoms with van der Waals surface area (Å²) in [5.74, 6) is 0.608. The molecule has 0 aliphatic carbocycles. The molecular weight excluding hydrogens is 256 g/mol. The quantitative estimate of drug-likeness (QED) is 0.834. The van der Waals surface area contributed by atoms with Gasteiger partial charge in [-0.1, -0.05) is 0 Å². The van der Waals surface area contributed by atoms with Gasteiger partial charge in [-0.15, -0.1) is 0 Å². The number of ether oxygens (including phenoxy) is 1.